The van der Waals surface area contributed by atoms with Crippen molar-refractivity contribution in [3.63, 3.8) is 0 Å². The van der Waals surface area contributed by atoms with Crippen LogP contribution in [0.1, 0.15) is 59.9 Å². The van der Waals surface area contributed by atoms with Crippen LogP contribution in [0.3, 0.4) is 0 Å². The van der Waals surface area contributed by atoms with Crippen molar-refractivity contribution in [2.45, 2.75) is 90.8 Å². The monoisotopic (exact) mass is 437 g/mol. The maximum absolute atomic E-state index is 12.6. The van der Waals surface area contributed by atoms with Crippen molar-refractivity contribution in [1.82, 2.24) is 5.32 Å². The quantitative estimate of drug-likeness (QED) is 0.317. The van der Waals surface area contributed by atoms with Gasteiger partial charge in [-0.3, -0.25) is 0 Å². The number of hydrogen-bond acceptors (Lipinski definition) is 5. The van der Waals surface area contributed by atoms with Gasteiger partial charge in [-0.2, -0.15) is 0 Å². The smallest absolute Gasteiger partial charge is 0.408 e. The first-order chi connectivity index (χ1) is 13.7. The van der Waals surface area contributed by atoms with E-state index in [1.807, 2.05) is 30.3 Å². The van der Waals surface area contributed by atoms with E-state index >= 15 is 0 Å². The zero-order valence-corrected chi connectivity index (χ0v) is 20.8. The molecular formula is C23H39NO5Si. The lowest BCUT2D eigenvalue weighted by Crippen LogP contribution is -2.45. The van der Waals surface area contributed by atoms with Gasteiger partial charge in [0.1, 0.15) is 18.2 Å². The minimum absolute atomic E-state index is 0.121. The Morgan fingerprint density at radius 3 is 2.17 bits per heavy atom. The highest BCUT2D eigenvalue weighted by molar-refractivity contribution is 6.74. The van der Waals surface area contributed by atoms with E-state index in [0.717, 1.165) is 5.56 Å². The predicted octanol–water partition coefficient (Wildman–Crippen LogP) is 5.43. The molecule has 0 fully saturated rings. The second-order valence-electron chi connectivity index (χ2n) is 10.0. The van der Waals surface area contributed by atoms with Crippen LogP contribution in [0.15, 0.2) is 30.3 Å². The zero-order valence-electron chi connectivity index (χ0n) is 19.8. The molecule has 0 aliphatic carbocycles. The minimum Gasteiger partial charge on any atom is -0.459 e. The molecule has 30 heavy (non-hydrogen) atoms. The Bertz CT molecular complexity index is 677. The average Bonchev–Trinajstić information content (AvgIpc) is 2.60. The van der Waals surface area contributed by atoms with E-state index in [0.29, 0.717) is 19.4 Å². The van der Waals surface area contributed by atoms with Gasteiger partial charge in [-0.1, -0.05) is 51.1 Å². The fourth-order valence-electron chi connectivity index (χ4n) is 2.36. The molecule has 0 saturated heterocycles. The Kier molecular flexibility index (Phi) is 9.56. The van der Waals surface area contributed by atoms with Crippen molar-refractivity contribution < 1.29 is 23.5 Å². The Labute approximate surface area is 182 Å². The first kappa shape index (κ1) is 26.2. The van der Waals surface area contributed by atoms with E-state index in [2.05, 4.69) is 39.2 Å². The SMILES string of the molecule is CC(C)(C)OC(=O)N[C@@H](CCCO[Si](C)(C)C(C)(C)C)C(=O)OCc1ccccc1. The molecule has 0 spiro atoms. The Hall–Kier alpha value is -1.86. The van der Waals surface area contributed by atoms with Gasteiger partial charge in [-0.25, -0.2) is 9.59 Å². The zero-order chi connectivity index (χ0) is 23.0. The molecule has 6 nitrogen and oxygen atoms in total. The number of esters is 1. The number of rotatable bonds is 9. The van der Waals surface area contributed by atoms with E-state index in [9.17, 15) is 9.59 Å². The van der Waals surface area contributed by atoms with Crippen LogP contribution in [0.2, 0.25) is 18.1 Å². The molecule has 1 atom stereocenters. The molecule has 0 saturated carbocycles. The lowest BCUT2D eigenvalue weighted by Gasteiger charge is -2.36. The van der Waals surface area contributed by atoms with Gasteiger partial charge in [0.25, 0.3) is 0 Å². The molecular weight excluding hydrogens is 398 g/mol. The lowest BCUT2D eigenvalue weighted by atomic mass is 10.1. The molecule has 1 amide bonds. The van der Waals surface area contributed by atoms with E-state index in [4.69, 9.17) is 13.9 Å². The van der Waals surface area contributed by atoms with Gasteiger partial charge in [-0.05, 0) is 57.3 Å². The third kappa shape index (κ3) is 9.76. The molecule has 1 N–H and O–H groups in total. The highest BCUT2D eigenvalue weighted by Crippen LogP contribution is 2.36. The summed E-state index contributed by atoms with van der Waals surface area (Å²) in [5, 5.41) is 2.78. The minimum atomic E-state index is -1.86. The molecule has 0 radical (unpaired) electrons. The predicted molar refractivity (Wildman–Crippen MR) is 122 cm³/mol. The molecule has 7 heteroatoms. The van der Waals surface area contributed by atoms with Crippen molar-refractivity contribution in [1.29, 1.82) is 0 Å². The molecule has 0 bridgehead atoms. The summed E-state index contributed by atoms with van der Waals surface area (Å²) in [6.07, 6.45) is 0.420. The van der Waals surface area contributed by atoms with Gasteiger partial charge < -0.3 is 19.2 Å². The van der Waals surface area contributed by atoms with Crippen LogP contribution in [0.5, 0.6) is 0 Å². The normalized spacial score (nSPS) is 13.5. The van der Waals surface area contributed by atoms with Gasteiger partial charge in [0.05, 0.1) is 0 Å². The number of benzene rings is 1. The second kappa shape index (κ2) is 11.0. The van der Waals surface area contributed by atoms with Crippen molar-refractivity contribution in [3.8, 4) is 0 Å². The molecule has 0 aliphatic heterocycles. The van der Waals surface area contributed by atoms with Gasteiger partial charge in [-0.15, -0.1) is 0 Å². The second-order valence-corrected chi connectivity index (χ2v) is 14.9. The largest absolute Gasteiger partial charge is 0.459 e. The molecule has 0 heterocycles. The van der Waals surface area contributed by atoms with Crippen LogP contribution in [0.4, 0.5) is 4.79 Å². The van der Waals surface area contributed by atoms with E-state index in [-0.39, 0.29) is 11.6 Å². The van der Waals surface area contributed by atoms with Gasteiger partial charge >= 0.3 is 12.1 Å². The summed E-state index contributed by atoms with van der Waals surface area (Å²) >= 11 is 0. The first-order valence-electron chi connectivity index (χ1n) is 10.6. The number of amides is 1. The van der Waals surface area contributed by atoms with Crippen LogP contribution >= 0.6 is 0 Å². The summed E-state index contributed by atoms with van der Waals surface area (Å²) in [5.41, 5.74) is 0.247. The number of ether oxygens (including phenoxy) is 2. The molecule has 0 unspecified atom stereocenters. The van der Waals surface area contributed by atoms with Gasteiger partial charge in [0.15, 0.2) is 8.32 Å². The molecule has 1 aromatic carbocycles. The van der Waals surface area contributed by atoms with Crippen LogP contribution in [-0.4, -0.2) is 38.6 Å². The molecule has 0 aliphatic rings. The molecule has 0 aromatic heterocycles. The average molecular weight is 438 g/mol. The molecule has 1 aromatic rings. The number of alkyl carbamates (subject to hydrolysis) is 1. The Balaban J connectivity index is 2.67. The van der Waals surface area contributed by atoms with E-state index in [1.165, 1.54) is 0 Å². The maximum Gasteiger partial charge on any atom is 0.408 e. The van der Waals surface area contributed by atoms with Crippen molar-refractivity contribution >= 4 is 20.4 Å². The van der Waals surface area contributed by atoms with Crippen LogP contribution in [0, 0.1) is 0 Å². The summed E-state index contributed by atoms with van der Waals surface area (Å²) in [6.45, 7) is 17.0. The molecule has 1 rings (SSSR count). The number of nitrogens with one attached hydrogen (secondary N) is 1. The number of carbonyl (C=O) groups is 2. The fourth-order valence-corrected chi connectivity index (χ4v) is 3.45. The Morgan fingerprint density at radius 1 is 1.03 bits per heavy atom. The fraction of sp³-hybridized carbons (Fsp3) is 0.652. The lowest BCUT2D eigenvalue weighted by molar-refractivity contribution is -0.147. The van der Waals surface area contributed by atoms with Crippen LogP contribution < -0.4 is 5.32 Å². The van der Waals surface area contributed by atoms with E-state index < -0.39 is 32.0 Å². The van der Waals surface area contributed by atoms with Crippen LogP contribution in [0.25, 0.3) is 0 Å². The van der Waals surface area contributed by atoms with E-state index in [1.54, 1.807) is 20.8 Å². The Morgan fingerprint density at radius 2 is 1.63 bits per heavy atom. The summed E-state index contributed by atoms with van der Waals surface area (Å²) in [7, 11) is -1.86. The number of carbonyl (C=O) groups excluding carboxylic acids is 2. The van der Waals surface area contributed by atoms with Crippen molar-refractivity contribution in [2.24, 2.45) is 0 Å². The van der Waals surface area contributed by atoms with Gasteiger partial charge in [0.2, 0.25) is 0 Å². The summed E-state index contributed by atoms with van der Waals surface area (Å²) in [5.74, 6) is -0.475. The van der Waals surface area contributed by atoms with Crippen LogP contribution in [-0.2, 0) is 25.3 Å². The highest BCUT2D eigenvalue weighted by atomic mass is 28.4. The number of hydrogen-bond donors (Lipinski definition) is 1. The van der Waals surface area contributed by atoms with Crippen molar-refractivity contribution in [2.75, 3.05) is 6.61 Å². The summed E-state index contributed by atoms with van der Waals surface area (Å²) in [6, 6.07) is 8.66. The topological polar surface area (TPSA) is 73.9 Å². The van der Waals surface area contributed by atoms with Gasteiger partial charge in [0, 0.05) is 6.61 Å². The highest BCUT2D eigenvalue weighted by Gasteiger charge is 2.37. The standard InChI is InChI=1S/C23H39NO5Si/c1-22(2,3)29-21(26)24-19(15-12-16-28-30(7,8)23(4,5)6)20(25)27-17-18-13-10-9-11-14-18/h9-11,13-14,19H,12,15-17H2,1-8H3,(H,24,26)/t19-/m0/s1. The third-order valence-corrected chi connectivity index (χ3v) is 9.64. The third-order valence-electron chi connectivity index (χ3n) is 5.11. The maximum atomic E-state index is 12.6. The van der Waals surface area contributed by atoms with Crippen molar-refractivity contribution in [3.05, 3.63) is 35.9 Å². The summed E-state index contributed by atoms with van der Waals surface area (Å²) in [4.78, 5) is 24.8. The summed E-state index contributed by atoms with van der Waals surface area (Å²) < 4.78 is 16.9. The molecule has 170 valence electrons. The first-order valence-corrected chi connectivity index (χ1v) is 13.5.